The highest BCUT2D eigenvalue weighted by molar-refractivity contribution is 7.98. The first kappa shape index (κ1) is 15.9. The molecule has 106 valence electrons. The summed E-state index contributed by atoms with van der Waals surface area (Å²) < 4.78 is 0. The summed E-state index contributed by atoms with van der Waals surface area (Å²) in [6, 6.07) is 0. The van der Waals surface area contributed by atoms with E-state index in [0.29, 0.717) is 12.8 Å². The van der Waals surface area contributed by atoms with Crippen molar-refractivity contribution in [2.45, 2.75) is 31.8 Å². The second-order valence-corrected chi connectivity index (χ2v) is 4.73. The number of amides is 1. The smallest absolute Gasteiger partial charge is 0.243 e. The van der Waals surface area contributed by atoms with Crippen LogP contribution in [0.4, 0.5) is 0 Å². The molecule has 0 aromatic carbocycles. The summed E-state index contributed by atoms with van der Waals surface area (Å²) in [5.74, 6) is -0.221. The van der Waals surface area contributed by atoms with Crippen molar-refractivity contribution in [2.75, 3.05) is 19.5 Å². The van der Waals surface area contributed by atoms with Crippen LogP contribution in [0.1, 0.15) is 23.4 Å². The molecule has 0 fully saturated rings. The second-order valence-electron chi connectivity index (χ2n) is 3.96. The fraction of sp³-hybridized carbons (Fsp3) is 0.583. The average Bonchev–Trinajstić information content (AvgIpc) is 2.37. The topological polar surface area (TPSA) is 84.3 Å². The predicted octanol–water partition coefficient (Wildman–Crippen LogP) is 0.788. The summed E-state index contributed by atoms with van der Waals surface area (Å²) in [4.78, 5) is 24.9. The molecule has 7 heteroatoms. The fourth-order valence-electron chi connectivity index (χ4n) is 1.63. The lowest BCUT2D eigenvalue weighted by molar-refractivity contribution is -0.134. The number of hydrogen-bond acceptors (Lipinski definition) is 6. The molecule has 0 radical (unpaired) electrons. The highest BCUT2D eigenvalue weighted by Gasteiger charge is 2.10. The van der Waals surface area contributed by atoms with E-state index >= 15 is 0 Å². The van der Waals surface area contributed by atoms with Gasteiger partial charge in [-0.2, -0.15) is 0 Å². The SMILES string of the molecule is CSc1nc(C)c(CCC(=O)NOCCO)c(C)n1. The Bertz CT molecular complexity index is 417. The molecule has 1 rings (SSSR count). The number of nitrogens with one attached hydrogen (secondary N) is 1. The van der Waals surface area contributed by atoms with Gasteiger partial charge >= 0.3 is 0 Å². The normalized spacial score (nSPS) is 10.5. The number of aliphatic hydroxyl groups excluding tert-OH is 1. The van der Waals surface area contributed by atoms with Gasteiger partial charge in [-0.3, -0.25) is 9.63 Å². The number of rotatable bonds is 7. The Balaban J connectivity index is 2.55. The monoisotopic (exact) mass is 285 g/mol. The predicted molar refractivity (Wildman–Crippen MR) is 72.8 cm³/mol. The van der Waals surface area contributed by atoms with Gasteiger partial charge in [-0.05, 0) is 32.1 Å². The van der Waals surface area contributed by atoms with E-state index in [2.05, 4.69) is 15.4 Å². The highest BCUT2D eigenvalue weighted by Crippen LogP contribution is 2.16. The minimum Gasteiger partial charge on any atom is -0.394 e. The Morgan fingerprint density at radius 3 is 2.53 bits per heavy atom. The van der Waals surface area contributed by atoms with Gasteiger partial charge in [0, 0.05) is 17.8 Å². The number of aromatic nitrogens is 2. The van der Waals surface area contributed by atoms with Gasteiger partial charge in [0.15, 0.2) is 5.16 Å². The van der Waals surface area contributed by atoms with E-state index in [-0.39, 0.29) is 19.1 Å². The van der Waals surface area contributed by atoms with Crippen LogP contribution in [0.25, 0.3) is 0 Å². The van der Waals surface area contributed by atoms with Crippen molar-refractivity contribution in [2.24, 2.45) is 0 Å². The van der Waals surface area contributed by atoms with Gasteiger partial charge < -0.3 is 5.11 Å². The molecule has 0 bridgehead atoms. The largest absolute Gasteiger partial charge is 0.394 e. The van der Waals surface area contributed by atoms with Gasteiger partial charge in [0.2, 0.25) is 5.91 Å². The Hall–Kier alpha value is -1.18. The first-order chi connectivity index (χ1) is 9.08. The summed E-state index contributed by atoms with van der Waals surface area (Å²) in [7, 11) is 0. The molecule has 1 heterocycles. The van der Waals surface area contributed by atoms with Gasteiger partial charge in [0.1, 0.15) is 0 Å². The summed E-state index contributed by atoms with van der Waals surface area (Å²) in [6.45, 7) is 3.81. The van der Waals surface area contributed by atoms with E-state index in [1.165, 1.54) is 11.8 Å². The zero-order valence-electron chi connectivity index (χ0n) is 11.4. The lowest BCUT2D eigenvalue weighted by atomic mass is 10.1. The number of aryl methyl sites for hydroxylation is 2. The molecule has 1 aromatic heterocycles. The van der Waals surface area contributed by atoms with Gasteiger partial charge in [-0.15, -0.1) is 0 Å². The number of carbonyl (C=O) groups is 1. The van der Waals surface area contributed by atoms with Gasteiger partial charge in [0.05, 0.1) is 13.2 Å². The van der Waals surface area contributed by atoms with Crippen molar-refractivity contribution in [3.05, 3.63) is 17.0 Å². The zero-order chi connectivity index (χ0) is 14.3. The minimum atomic E-state index is -0.221. The molecule has 0 aliphatic rings. The Morgan fingerprint density at radius 1 is 1.37 bits per heavy atom. The Morgan fingerprint density at radius 2 is 2.00 bits per heavy atom. The molecule has 0 aliphatic heterocycles. The van der Waals surface area contributed by atoms with E-state index < -0.39 is 0 Å². The molecule has 0 saturated carbocycles. The van der Waals surface area contributed by atoms with E-state index in [4.69, 9.17) is 9.94 Å². The molecular formula is C12H19N3O3S. The molecule has 1 amide bonds. The van der Waals surface area contributed by atoms with Crippen molar-refractivity contribution < 1.29 is 14.7 Å². The number of hydroxylamine groups is 1. The maximum Gasteiger partial charge on any atom is 0.243 e. The third-order valence-electron chi connectivity index (χ3n) is 2.56. The molecule has 0 saturated heterocycles. The Kier molecular flexibility index (Phi) is 6.75. The van der Waals surface area contributed by atoms with E-state index in [0.717, 1.165) is 22.1 Å². The quantitative estimate of drug-likeness (QED) is 0.333. The first-order valence-corrected chi connectivity index (χ1v) is 7.20. The molecule has 0 aliphatic carbocycles. The molecule has 0 spiro atoms. The third kappa shape index (κ3) is 5.14. The third-order valence-corrected chi connectivity index (χ3v) is 3.11. The summed E-state index contributed by atoms with van der Waals surface area (Å²) in [6.07, 6.45) is 2.80. The molecule has 2 N–H and O–H groups in total. The van der Waals surface area contributed by atoms with E-state index in [1.807, 2.05) is 20.1 Å². The number of aliphatic hydroxyl groups is 1. The van der Waals surface area contributed by atoms with Crippen LogP contribution in [-0.4, -0.2) is 40.5 Å². The molecule has 19 heavy (non-hydrogen) atoms. The van der Waals surface area contributed by atoms with Crippen LogP contribution in [-0.2, 0) is 16.1 Å². The van der Waals surface area contributed by atoms with Crippen LogP contribution in [0.5, 0.6) is 0 Å². The maximum absolute atomic E-state index is 11.5. The molecular weight excluding hydrogens is 266 g/mol. The van der Waals surface area contributed by atoms with E-state index in [9.17, 15) is 4.79 Å². The van der Waals surface area contributed by atoms with E-state index in [1.54, 1.807) is 0 Å². The first-order valence-electron chi connectivity index (χ1n) is 5.98. The Labute approximate surface area is 116 Å². The maximum atomic E-state index is 11.5. The number of nitrogens with zero attached hydrogens (tertiary/aromatic N) is 2. The average molecular weight is 285 g/mol. The zero-order valence-corrected chi connectivity index (χ0v) is 12.2. The number of carbonyl (C=O) groups excluding carboxylic acids is 1. The summed E-state index contributed by atoms with van der Waals surface area (Å²) in [5, 5.41) is 9.26. The van der Waals surface area contributed by atoms with Crippen LogP contribution >= 0.6 is 11.8 Å². The standard InChI is InChI=1S/C12H19N3O3S/c1-8-10(9(2)14-12(13-8)19-3)4-5-11(17)15-18-7-6-16/h16H,4-7H2,1-3H3,(H,15,17). The van der Waals surface area contributed by atoms with Gasteiger partial charge in [-0.1, -0.05) is 11.8 Å². The van der Waals surface area contributed by atoms with Crippen LogP contribution in [0, 0.1) is 13.8 Å². The molecule has 0 atom stereocenters. The molecule has 6 nitrogen and oxygen atoms in total. The van der Waals surface area contributed by atoms with Crippen LogP contribution < -0.4 is 5.48 Å². The lowest BCUT2D eigenvalue weighted by Gasteiger charge is -2.10. The van der Waals surface area contributed by atoms with Crippen LogP contribution in [0.3, 0.4) is 0 Å². The van der Waals surface area contributed by atoms with Crippen molar-refractivity contribution in [3.63, 3.8) is 0 Å². The lowest BCUT2D eigenvalue weighted by Crippen LogP contribution is -2.25. The number of thioether (sulfide) groups is 1. The van der Waals surface area contributed by atoms with Crippen molar-refractivity contribution in [1.82, 2.24) is 15.4 Å². The van der Waals surface area contributed by atoms with Crippen molar-refractivity contribution >= 4 is 17.7 Å². The van der Waals surface area contributed by atoms with Gasteiger partial charge in [0.25, 0.3) is 0 Å². The molecule has 0 unspecified atom stereocenters. The van der Waals surface area contributed by atoms with Crippen LogP contribution in [0.2, 0.25) is 0 Å². The fourth-order valence-corrected chi connectivity index (χ4v) is 2.08. The highest BCUT2D eigenvalue weighted by atomic mass is 32.2. The summed E-state index contributed by atoms with van der Waals surface area (Å²) >= 11 is 1.50. The number of hydrogen-bond donors (Lipinski definition) is 2. The van der Waals surface area contributed by atoms with Crippen molar-refractivity contribution in [3.8, 4) is 0 Å². The van der Waals surface area contributed by atoms with Crippen molar-refractivity contribution in [1.29, 1.82) is 0 Å². The summed E-state index contributed by atoms with van der Waals surface area (Å²) in [5.41, 5.74) is 5.07. The molecule has 1 aromatic rings. The van der Waals surface area contributed by atoms with Crippen LogP contribution in [0.15, 0.2) is 5.16 Å². The second kappa shape index (κ2) is 8.08. The van der Waals surface area contributed by atoms with Gasteiger partial charge in [-0.25, -0.2) is 15.4 Å². The minimum absolute atomic E-state index is 0.0926.